The van der Waals surface area contributed by atoms with Crippen LogP contribution < -0.4 is 19.1 Å². The third-order valence-corrected chi connectivity index (χ3v) is 5.88. The number of pyridine rings is 1. The fraction of sp³-hybridized carbons (Fsp3) is 0.389. The normalized spacial score (nSPS) is 17.0. The smallest absolute Gasteiger partial charge is 0.263 e. The number of nitrogens with zero attached hydrogens (tertiary/aromatic N) is 2. The predicted octanol–water partition coefficient (Wildman–Crippen LogP) is 2.64. The summed E-state index contributed by atoms with van der Waals surface area (Å²) in [4.78, 5) is 6.65. The van der Waals surface area contributed by atoms with Crippen LogP contribution in [0.5, 0.6) is 11.5 Å². The Balaban J connectivity index is 1.50. The quantitative estimate of drug-likeness (QED) is 0.885. The van der Waals surface area contributed by atoms with E-state index in [1.54, 1.807) is 18.3 Å². The molecule has 3 heterocycles. The zero-order valence-corrected chi connectivity index (χ0v) is 15.2. The average Bonchev–Trinajstić information content (AvgIpc) is 2.68. The first kappa shape index (κ1) is 17.0. The van der Waals surface area contributed by atoms with Gasteiger partial charge in [0.2, 0.25) is 0 Å². The number of piperidine rings is 1. The third kappa shape index (κ3) is 3.55. The Morgan fingerprint density at radius 3 is 2.46 bits per heavy atom. The van der Waals surface area contributed by atoms with Gasteiger partial charge in [0.05, 0.1) is 16.8 Å². The molecule has 7 nitrogen and oxygen atoms in total. The average molecular weight is 375 g/mol. The van der Waals surface area contributed by atoms with E-state index in [2.05, 4.69) is 14.6 Å². The van der Waals surface area contributed by atoms with E-state index in [1.165, 1.54) is 31.4 Å². The first-order valence-corrected chi connectivity index (χ1v) is 10.2. The number of benzene rings is 1. The fourth-order valence-corrected chi connectivity index (χ4v) is 4.20. The summed E-state index contributed by atoms with van der Waals surface area (Å²) in [6.07, 6.45) is 5.33. The monoisotopic (exact) mass is 375 g/mol. The van der Waals surface area contributed by atoms with Gasteiger partial charge in [-0.3, -0.25) is 4.72 Å². The highest BCUT2D eigenvalue weighted by atomic mass is 32.2. The van der Waals surface area contributed by atoms with Crippen LogP contribution in [0.4, 0.5) is 11.5 Å². The highest BCUT2D eigenvalue weighted by Crippen LogP contribution is 2.32. The number of nitrogens with one attached hydrogen (secondary N) is 1. The summed E-state index contributed by atoms with van der Waals surface area (Å²) in [6, 6.07) is 8.17. The molecule has 0 amide bonds. The van der Waals surface area contributed by atoms with Crippen molar-refractivity contribution in [2.24, 2.45) is 0 Å². The number of ether oxygens (including phenoxy) is 2. The van der Waals surface area contributed by atoms with Gasteiger partial charge in [0.25, 0.3) is 10.0 Å². The number of hydrogen-bond donors (Lipinski definition) is 1. The van der Waals surface area contributed by atoms with Gasteiger partial charge in [0.15, 0.2) is 11.5 Å². The summed E-state index contributed by atoms with van der Waals surface area (Å²) in [6.45, 7) is 2.90. The second-order valence-corrected chi connectivity index (χ2v) is 8.04. The Morgan fingerprint density at radius 2 is 1.73 bits per heavy atom. The maximum absolute atomic E-state index is 12.6. The Bertz CT molecular complexity index is 878. The molecule has 4 rings (SSSR count). The number of rotatable bonds is 4. The molecule has 8 heteroatoms. The standard InChI is InChI=1S/C18H21N3O4S/c22-26(23,15-5-6-16-17(12-15)25-11-10-24-16)20-18-7-4-14(13-19-18)21-8-2-1-3-9-21/h4-7,12-13H,1-3,8-11H2,(H,19,20). The summed E-state index contributed by atoms with van der Waals surface area (Å²) < 4.78 is 38.6. The molecule has 0 saturated carbocycles. The van der Waals surface area contributed by atoms with Crippen molar-refractivity contribution in [1.82, 2.24) is 4.98 Å². The van der Waals surface area contributed by atoms with Gasteiger partial charge < -0.3 is 14.4 Å². The van der Waals surface area contributed by atoms with Gasteiger partial charge in [0, 0.05) is 19.2 Å². The lowest BCUT2D eigenvalue weighted by molar-refractivity contribution is 0.171. The van der Waals surface area contributed by atoms with Crippen LogP contribution in [0.15, 0.2) is 41.4 Å². The Kier molecular flexibility index (Phi) is 4.58. The molecule has 0 unspecified atom stereocenters. The van der Waals surface area contributed by atoms with Gasteiger partial charge in [-0.2, -0.15) is 0 Å². The second kappa shape index (κ2) is 7.03. The van der Waals surface area contributed by atoms with Crippen LogP contribution >= 0.6 is 0 Å². The molecule has 1 aromatic heterocycles. The van der Waals surface area contributed by atoms with Crippen molar-refractivity contribution in [2.75, 3.05) is 35.9 Å². The lowest BCUT2D eigenvalue weighted by Crippen LogP contribution is -2.29. The molecule has 0 aliphatic carbocycles. The van der Waals surface area contributed by atoms with Gasteiger partial charge in [0.1, 0.15) is 19.0 Å². The molecule has 26 heavy (non-hydrogen) atoms. The minimum Gasteiger partial charge on any atom is -0.486 e. The lowest BCUT2D eigenvalue weighted by atomic mass is 10.1. The molecule has 0 spiro atoms. The van der Waals surface area contributed by atoms with E-state index in [0.29, 0.717) is 30.5 Å². The van der Waals surface area contributed by atoms with Crippen molar-refractivity contribution in [2.45, 2.75) is 24.2 Å². The van der Waals surface area contributed by atoms with Crippen LogP contribution in [-0.4, -0.2) is 39.7 Å². The maximum Gasteiger partial charge on any atom is 0.263 e. The molecule has 2 aliphatic heterocycles. The molecular formula is C18H21N3O4S. The molecule has 138 valence electrons. The minimum atomic E-state index is -3.75. The largest absolute Gasteiger partial charge is 0.486 e. The van der Waals surface area contributed by atoms with E-state index in [9.17, 15) is 8.42 Å². The van der Waals surface area contributed by atoms with Crippen LogP contribution in [0.3, 0.4) is 0 Å². The second-order valence-electron chi connectivity index (χ2n) is 6.36. The van der Waals surface area contributed by atoms with Crippen molar-refractivity contribution in [3.05, 3.63) is 36.5 Å². The van der Waals surface area contributed by atoms with Crippen LogP contribution in [0, 0.1) is 0 Å². The molecule has 0 bridgehead atoms. The van der Waals surface area contributed by atoms with Gasteiger partial charge in [-0.25, -0.2) is 13.4 Å². The Morgan fingerprint density at radius 1 is 0.962 bits per heavy atom. The van der Waals surface area contributed by atoms with Crippen LogP contribution in [0.25, 0.3) is 0 Å². The number of fused-ring (bicyclic) bond motifs is 1. The van der Waals surface area contributed by atoms with E-state index < -0.39 is 10.0 Å². The zero-order valence-electron chi connectivity index (χ0n) is 14.3. The molecule has 0 radical (unpaired) electrons. The Labute approximate surface area is 153 Å². The van der Waals surface area contributed by atoms with Crippen molar-refractivity contribution in [3.63, 3.8) is 0 Å². The molecule has 1 fully saturated rings. The molecule has 1 N–H and O–H groups in total. The van der Waals surface area contributed by atoms with E-state index >= 15 is 0 Å². The minimum absolute atomic E-state index is 0.114. The first-order chi connectivity index (χ1) is 12.6. The van der Waals surface area contributed by atoms with Gasteiger partial charge in [-0.05, 0) is 43.5 Å². The van der Waals surface area contributed by atoms with Crippen LogP contribution in [0.2, 0.25) is 0 Å². The maximum atomic E-state index is 12.6. The molecule has 1 aromatic carbocycles. The van der Waals surface area contributed by atoms with E-state index in [0.717, 1.165) is 18.8 Å². The third-order valence-electron chi connectivity index (χ3n) is 4.53. The SMILES string of the molecule is O=S(=O)(Nc1ccc(N2CCCCC2)cn1)c1ccc2c(c1)OCCO2. The van der Waals surface area contributed by atoms with E-state index in [1.807, 2.05) is 6.07 Å². The van der Waals surface area contributed by atoms with Crippen molar-refractivity contribution in [1.29, 1.82) is 0 Å². The van der Waals surface area contributed by atoms with Gasteiger partial charge >= 0.3 is 0 Å². The summed E-state index contributed by atoms with van der Waals surface area (Å²) >= 11 is 0. The first-order valence-electron chi connectivity index (χ1n) is 8.75. The van der Waals surface area contributed by atoms with Crippen molar-refractivity contribution in [3.8, 4) is 11.5 Å². The highest BCUT2D eigenvalue weighted by Gasteiger charge is 2.20. The van der Waals surface area contributed by atoms with E-state index in [4.69, 9.17) is 9.47 Å². The number of anilines is 2. The molecule has 2 aromatic rings. The summed E-state index contributed by atoms with van der Waals surface area (Å²) in [7, 11) is -3.75. The topological polar surface area (TPSA) is 80.8 Å². The number of hydrogen-bond acceptors (Lipinski definition) is 6. The van der Waals surface area contributed by atoms with Crippen molar-refractivity contribution >= 4 is 21.5 Å². The molecule has 0 atom stereocenters. The molecule has 1 saturated heterocycles. The van der Waals surface area contributed by atoms with Crippen molar-refractivity contribution < 1.29 is 17.9 Å². The summed E-state index contributed by atoms with van der Waals surface area (Å²) in [5.41, 5.74) is 1.02. The predicted molar refractivity (Wildman–Crippen MR) is 98.5 cm³/mol. The molecular weight excluding hydrogens is 354 g/mol. The van der Waals surface area contributed by atoms with E-state index in [-0.39, 0.29) is 4.90 Å². The van der Waals surface area contributed by atoms with Crippen LogP contribution in [0.1, 0.15) is 19.3 Å². The number of sulfonamides is 1. The van der Waals surface area contributed by atoms with Crippen LogP contribution in [-0.2, 0) is 10.0 Å². The van der Waals surface area contributed by atoms with Gasteiger partial charge in [-0.1, -0.05) is 0 Å². The molecule has 2 aliphatic rings. The fourth-order valence-electron chi connectivity index (χ4n) is 3.17. The number of aromatic nitrogens is 1. The lowest BCUT2D eigenvalue weighted by Gasteiger charge is -2.28. The van der Waals surface area contributed by atoms with Gasteiger partial charge in [-0.15, -0.1) is 0 Å². The summed E-state index contributed by atoms with van der Waals surface area (Å²) in [5, 5.41) is 0. The Hall–Kier alpha value is -2.48. The summed E-state index contributed by atoms with van der Waals surface area (Å²) in [5.74, 6) is 1.28. The zero-order chi connectivity index (χ0) is 18.0. The highest BCUT2D eigenvalue weighted by molar-refractivity contribution is 7.92.